The molecule has 3 atom stereocenters. The fourth-order valence-electron chi connectivity index (χ4n) is 3.97. The third kappa shape index (κ3) is 6.50. The highest BCUT2D eigenvalue weighted by atomic mass is 32.1. The number of hydrogen-bond acceptors (Lipinski definition) is 3. The number of nitrogens with one attached hydrogen (secondary N) is 1. The van der Waals surface area contributed by atoms with E-state index in [-0.39, 0.29) is 5.60 Å². The van der Waals surface area contributed by atoms with Crippen molar-refractivity contribution in [2.45, 2.75) is 78.4 Å². The molecule has 1 saturated heterocycles. The van der Waals surface area contributed by atoms with Gasteiger partial charge in [-0.15, -0.1) is 11.3 Å². The van der Waals surface area contributed by atoms with Crippen LogP contribution in [0.2, 0.25) is 0 Å². The Morgan fingerprint density at radius 1 is 1.25 bits per heavy atom. The zero-order valence-electron chi connectivity index (χ0n) is 16.3. The van der Waals surface area contributed by atoms with Crippen molar-refractivity contribution < 1.29 is 4.74 Å². The van der Waals surface area contributed by atoms with Crippen molar-refractivity contribution in [2.24, 2.45) is 17.8 Å². The van der Waals surface area contributed by atoms with Gasteiger partial charge in [0, 0.05) is 17.5 Å². The van der Waals surface area contributed by atoms with Gasteiger partial charge in [0.1, 0.15) is 0 Å². The molecule has 1 aromatic heterocycles. The maximum absolute atomic E-state index is 5.95. The summed E-state index contributed by atoms with van der Waals surface area (Å²) in [6.07, 6.45) is 6.47. The van der Waals surface area contributed by atoms with Crippen molar-refractivity contribution in [1.82, 2.24) is 5.32 Å². The van der Waals surface area contributed by atoms with Crippen molar-refractivity contribution >= 4 is 11.3 Å². The summed E-state index contributed by atoms with van der Waals surface area (Å²) in [6.45, 7) is 13.6. The molecule has 138 valence electrons. The third-order valence-corrected chi connectivity index (χ3v) is 6.51. The largest absolute Gasteiger partial charge is 0.376 e. The van der Waals surface area contributed by atoms with E-state index in [0.717, 1.165) is 30.9 Å². The Kier molecular flexibility index (Phi) is 7.77. The summed E-state index contributed by atoms with van der Waals surface area (Å²) in [7, 11) is 0. The van der Waals surface area contributed by atoms with E-state index in [1.807, 2.05) is 11.3 Å². The van der Waals surface area contributed by atoms with Gasteiger partial charge >= 0.3 is 0 Å². The maximum atomic E-state index is 5.95. The molecule has 3 unspecified atom stereocenters. The van der Waals surface area contributed by atoms with Gasteiger partial charge < -0.3 is 10.1 Å². The van der Waals surface area contributed by atoms with Gasteiger partial charge in [-0.3, -0.25) is 0 Å². The molecule has 1 aliphatic rings. The minimum absolute atomic E-state index is 0.0662. The van der Waals surface area contributed by atoms with E-state index >= 15 is 0 Å². The zero-order valence-corrected chi connectivity index (χ0v) is 17.1. The molecule has 1 N–H and O–H groups in total. The third-order valence-electron chi connectivity index (χ3n) is 5.45. The molecule has 2 nitrogen and oxygen atoms in total. The van der Waals surface area contributed by atoms with Gasteiger partial charge in [0.15, 0.2) is 0 Å². The standard InChI is InChI=1S/C21H37NOS/c1-16(2)8-9-18(19-11-13-23-21(4,5)15-19)10-12-22-17(3)20-7-6-14-24-20/h6-7,14,16-19,22H,8-13,15H2,1-5H3. The van der Waals surface area contributed by atoms with E-state index in [0.29, 0.717) is 6.04 Å². The lowest BCUT2D eigenvalue weighted by atomic mass is 9.75. The molecule has 2 rings (SSSR count). The first-order valence-corrected chi connectivity index (χ1v) is 10.7. The average Bonchev–Trinajstić information content (AvgIpc) is 3.03. The highest BCUT2D eigenvalue weighted by molar-refractivity contribution is 7.10. The van der Waals surface area contributed by atoms with E-state index < -0.39 is 0 Å². The van der Waals surface area contributed by atoms with Gasteiger partial charge in [0.25, 0.3) is 0 Å². The second-order valence-electron chi connectivity index (χ2n) is 8.57. The molecule has 0 saturated carbocycles. The first-order valence-electron chi connectivity index (χ1n) is 9.78. The summed E-state index contributed by atoms with van der Waals surface area (Å²) >= 11 is 1.85. The molecule has 1 aliphatic heterocycles. The monoisotopic (exact) mass is 351 g/mol. The van der Waals surface area contributed by atoms with Crippen LogP contribution in [0.3, 0.4) is 0 Å². The lowest BCUT2D eigenvalue weighted by molar-refractivity contribution is -0.0840. The summed E-state index contributed by atoms with van der Waals surface area (Å²) in [5.41, 5.74) is 0.0662. The zero-order chi connectivity index (χ0) is 17.6. The number of ether oxygens (including phenoxy) is 1. The van der Waals surface area contributed by atoms with Crippen LogP contribution in [-0.2, 0) is 4.74 Å². The summed E-state index contributed by atoms with van der Waals surface area (Å²) in [6, 6.07) is 4.86. The molecule has 0 aliphatic carbocycles. The Hall–Kier alpha value is -0.380. The first-order chi connectivity index (χ1) is 11.4. The molecule has 0 bridgehead atoms. The SMILES string of the molecule is CC(C)CCC(CCNC(C)c1cccs1)C1CCOC(C)(C)C1. The average molecular weight is 352 g/mol. The summed E-state index contributed by atoms with van der Waals surface area (Å²) in [4.78, 5) is 1.45. The fourth-order valence-corrected chi connectivity index (χ4v) is 4.73. The molecule has 24 heavy (non-hydrogen) atoms. The summed E-state index contributed by atoms with van der Waals surface area (Å²) in [5.74, 6) is 2.46. The van der Waals surface area contributed by atoms with E-state index in [9.17, 15) is 0 Å². The first kappa shape index (κ1) is 19.9. The molecule has 1 fully saturated rings. The predicted octanol–water partition coefficient (Wildman–Crippen LogP) is 6.05. The van der Waals surface area contributed by atoms with Crippen LogP contribution in [0.15, 0.2) is 17.5 Å². The van der Waals surface area contributed by atoms with Gasteiger partial charge in [-0.05, 0) is 82.2 Å². The smallest absolute Gasteiger partial charge is 0.0629 e. The summed E-state index contributed by atoms with van der Waals surface area (Å²) < 4.78 is 5.95. The molecule has 0 spiro atoms. The molecule has 2 heterocycles. The van der Waals surface area contributed by atoms with Crippen LogP contribution in [0.5, 0.6) is 0 Å². The van der Waals surface area contributed by atoms with Crippen LogP contribution >= 0.6 is 11.3 Å². The van der Waals surface area contributed by atoms with Crippen LogP contribution < -0.4 is 5.32 Å². The van der Waals surface area contributed by atoms with E-state index in [1.165, 1.54) is 37.0 Å². The number of rotatable bonds is 9. The van der Waals surface area contributed by atoms with Crippen LogP contribution in [-0.4, -0.2) is 18.8 Å². The second kappa shape index (κ2) is 9.35. The molecule has 0 amide bonds. The Balaban J connectivity index is 1.85. The molecular formula is C21H37NOS. The van der Waals surface area contributed by atoms with Crippen molar-refractivity contribution in [2.75, 3.05) is 13.2 Å². The van der Waals surface area contributed by atoms with Crippen molar-refractivity contribution in [3.05, 3.63) is 22.4 Å². The minimum Gasteiger partial charge on any atom is -0.376 e. The van der Waals surface area contributed by atoms with Crippen LogP contribution in [0.4, 0.5) is 0 Å². The molecular weight excluding hydrogens is 314 g/mol. The fraction of sp³-hybridized carbons (Fsp3) is 0.810. The Morgan fingerprint density at radius 3 is 2.67 bits per heavy atom. The quantitative estimate of drug-likeness (QED) is 0.585. The van der Waals surface area contributed by atoms with Gasteiger partial charge in [-0.25, -0.2) is 0 Å². The predicted molar refractivity (Wildman–Crippen MR) is 106 cm³/mol. The van der Waals surface area contributed by atoms with E-state index in [1.54, 1.807) is 0 Å². The normalized spacial score (nSPS) is 23.3. The molecule has 0 aromatic carbocycles. The second-order valence-corrected chi connectivity index (χ2v) is 9.55. The Morgan fingerprint density at radius 2 is 2.04 bits per heavy atom. The topological polar surface area (TPSA) is 21.3 Å². The molecule has 0 radical (unpaired) electrons. The molecule has 1 aromatic rings. The minimum atomic E-state index is 0.0662. The van der Waals surface area contributed by atoms with E-state index in [4.69, 9.17) is 4.74 Å². The van der Waals surface area contributed by atoms with Gasteiger partial charge in [-0.2, -0.15) is 0 Å². The Bertz CT molecular complexity index is 454. The highest BCUT2D eigenvalue weighted by Crippen LogP contribution is 2.37. The van der Waals surface area contributed by atoms with E-state index in [2.05, 4.69) is 57.4 Å². The van der Waals surface area contributed by atoms with Crippen LogP contribution in [0.1, 0.15) is 77.6 Å². The van der Waals surface area contributed by atoms with Crippen LogP contribution in [0.25, 0.3) is 0 Å². The number of thiophene rings is 1. The van der Waals surface area contributed by atoms with Crippen molar-refractivity contribution in [3.63, 3.8) is 0 Å². The van der Waals surface area contributed by atoms with Crippen molar-refractivity contribution in [1.29, 1.82) is 0 Å². The maximum Gasteiger partial charge on any atom is 0.0629 e. The van der Waals surface area contributed by atoms with Crippen molar-refractivity contribution in [3.8, 4) is 0 Å². The highest BCUT2D eigenvalue weighted by Gasteiger charge is 2.33. The summed E-state index contributed by atoms with van der Waals surface area (Å²) in [5, 5.41) is 5.91. The number of hydrogen-bond donors (Lipinski definition) is 1. The van der Waals surface area contributed by atoms with Crippen LogP contribution in [0, 0.1) is 17.8 Å². The van der Waals surface area contributed by atoms with Gasteiger partial charge in [0.2, 0.25) is 0 Å². The molecule has 3 heteroatoms. The Labute approximate surface area is 153 Å². The lowest BCUT2D eigenvalue weighted by Gasteiger charge is -2.39. The lowest BCUT2D eigenvalue weighted by Crippen LogP contribution is -2.37. The van der Waals surface area contributed by atoms with Gasteiger partial charge in [0.05, 0.1) is 5.60 Å². The van der Waals surface area contributed by atoms with Gasteiger partial charge in [-0.1, -0.05) is 26.3 Å².